The fourth-order valence-corrected chi connectivity index (χ4v) is 10.3. The van der Waals surface area contributed by atoms with Crippen LogP contribution in [0.3, 0.4) is 0 Å². The molecule has 54 heavy (non-hydrogen) atoms. The zero-order valence-electron chi connectivity index (χ0n) is 30.3. The summed E-state index contributed by atoms with van der Waals surface area (Å²) >= 11 is 0. The summed E-state index contributed by atoms with van der Waals surface area (Å²) in [5.74, 6) is -4.60. The smallest absolute Gasteiger partial charge is 0.434 e. The third kappa shape index (κ3) is 6.88. The molecule has 1 spiro atoms. The highest BCUT2D eigenvalue weighted by atomic mass is 19.4. The van der Waals surface area contributed by atoms with Gasteiger partial charge in [0.15, 0.2) is 5.69 Å². The van der Waals surface area contributed by atoms with Crippen LogP contribution in [0.5, 0.6) is 5.75 Å². The Balaban J connectivity index is 1.02. The molecule has 15 heteroatoms. The van der Waals surface area contributed by atoms with Gasteiger partial charge < -0.3 is 24.9 Å². The lowest BCUT2D eigenvalue weighted by molar-refractivity contribution is -0.146. The number of halogens is 5. The number of ether oxygens (including phenoxy) is 1. The van der Waals surface area contributed by atoms with Crippen LogP contribution in [0.1, 0.15) is 125 Å². The Morgan fingerprint density at radius 3 is 2.43 bits per heavy atom. The fraction of sp³-hybridized carbons (Fsp3) is 0.667. The lowest BCUT2D eigenvalue weighted by Gasteiger charge is -2.34. The highest BCUT2D eigenvalue weighted by Gasteiger charge is 2.57. The van der Waals surface area contributed by atoms with E-state index in [0.29, 0.717) is 62.2 Å². The Hall–Kier alpha value is -4.04. The number of aliphatic carboxylic acids is 1. The number of amides is 1. The van der Waals surface area contributed by atoms with Gasteiger partial charge in [-0.1, -0.05) is 31.3 Å². The minimum Gasteiger partial charge on any atom is -0.490 e. The van der Waals surface area contributed by atoms with Gasteiger partial charge in [-0.05, 0) is 106 Å². The second kappa shape index (κ2) is 13.6. The molecule has 2 heterocycles. The maximum atomic E-state index is 14.7. The summed E-state index contributed by atoms with van der Waals surface area (Å²) in [4.78, 5) is 41.8. The van der Waals surface area contributed by atoms with E-state index in [1.807, 2.05) is 19.1 Å². The molecule has 10 nitrogen and oxygen atoms in total. The van der Waals surface area contributed by atoms with E-state index >= 15 is 0 Å². The number of benzene rings is 1. The van der Waals surface area contributed by atoms with Crippen LogP contribution in [0.15, 0.2) is 29.6 Å². The van der Waals surface area contributed by atoms with Crippen LogP contribution < -0.4 is 15.0 Å². The summed E-state index contributed by atoms with van der Waals surface area (Å²) < 4.78 is 76.8. The largest absolute Gasteiger partial charge is 0.490 e. The van der Waals surface area contributed by atoms with Crippen molar-refractivity contribution in [3.05, 3.63) is 41.2 Å². The number of oxime groups is 1. The molecule has 1 aromatic carbocycles. The van der Waals surface area contributed by atoms with Crippen molar-refractivity contribution >= 4 is 29.2 Å². The molecule has 4 atom stereocenters. The number of carboxylic acid groups (broad SMARTS) is 1. The zero-order valence-corrected chi connectivity index (χ0v) is 30.3. The summed E-state index contributed by atoms with van der Waals surface area (Å²) in [7, 11) is 0. The van der Waals surface area contributed by atoms with E-state index < -0.39 is 40.8 Å². The predicted molar refractivity (Wildman–Crippen MR) is 187 cm³/mol. The highest BCUT2D eigenvalue weighted by Crippen LogP contribution is 2.53. The zero-order chi connectivity index (χ0) is 38.0. The number of carboxylic acids is 1. The Labute approximate surface area is 310 Å². The first-order chi connectivity index (χ1) is 25.6. The number of alkyl halides is 5. The molecule has 5 saturated carbocycles. The van der Waals surface area contributed by atoms with Crippen molar-refractivity contribution in [3.8, 4) is 5.75 Å². The standard InChI is InChI=1S/C39H46F5N5O5/c1-22-13-23-15-24(14-22)38(17-23,34(51)52)47-33(50)29-20-45-35(46-32(29)39(42,43)44)49-21-36(11-3-2-4-12-36)30-16-28(9-10-31(30)49)53-26-5-7-27(8-6-26)54-48-25-18-37(40,41)19-25/h9-10,16,20,22-24,26-27H,2-8,11-15,17-19,21H2,1H3,(H,47,50)(H,51,52)/t22?,23?,24?,26-,27+,38?. The third-order valence-electron chi connectivity index (χ3n) is 12.9. The van der Waals surface area contributed by atoms with Crippen LogP contribution in [0, 0.1) is 17.8 Å². The number of aromatic nitrogens is 2. The van der Waals surface area contributed by atoms with Gasteiger partial charge >= 0.3 is 12.1 Å². The SMILES string of the molecule is CC1CC2CC(C1)C(NC(=O)c1cnc(N3CC4(CCCCC4)c4cc(O[C@H]5CC[C@@H](ON=C6CC(F)(F)C6)CC5)ccc43)nc1C(F)(F)F)(C(=O)O)C2. The molecule has 1 aliphatic heterocycles. The molecular formula is C39H46F5N5O5. The Morgan fingerprint density at radius 2 is 1.74 bits per heavy atom. The molecule has 2 aromatic rings. The fourth-order valence-electron chi connectivity index (χ4n) is 10.3. The first-order valence-electron chi connectivity index (χ1n) is 19.3. The number of carbonyl (C=O) groups is 2. The van der Waals surface area contributed by atoms with E-state index in [1.165, 1.54) is 0 Å². The Morgan fingerprint density at radius 1 is 1.02 bits per heavy atom. The number of nitrogens with one attached hydrogen (secondary N) is 1. The molecule has 5 fully saturated rings. The maximum absolute atomic E-state index is 14.7. The molecule has 8 rings (SSSR count). The van der Waals surface area contributed by atoms with E-state index in [-0.39, 0.29) is 60.6 Å². The highest BCUT2D eigenvalue weighted by molar-refractivity contribution is 5.99. The van der Waals surface area contributed by atoms with E-state index in [0.717, 1.165) is 50.3 Å². The molecule has 6 aliphatic rings. The van der Waals surface area contributed by atoms with Crippen molar-refractivity contribution in [1.29, 1.82) is 0 Å². The van der Waals surface area contributed by atoms with Gasteiger partial charge in [0, 0.05) is 23.8 Å². The summed E-state index contributed by atoms with van der Waals surface area (Å²) in [6.07, 6.45) is 4.51. The average molecular weight is 760 g/mol. The monoisotopic (exact) mass is 759 g/mol. The normalized spacial score (nSPS) is 31.0. The Kier molecular flexibility index (Phi) is 9.30. The van der Waals surface area contributed by atoms with Crippen LogP contribution in [0.4, 0.5) is 33.6 Å². The van der Waals surface area contributed by atoms with Crippen LogP contribution >= 0.6 is 0 Å². The lowest BCUT2D eigenvalue weighted by Crippen LogP contribution is -2.57. The summed E-state index contributed by atoms with van der Waals surface area (Å²) in [6, 6.07) is 5.62. The minimum absolute atomic E-state index is 0.0815. The predicted octanol–water partition coefficient (Wildman–Crippen LogP) is 8.35. The van der Waals surface area contributed by atoms with Gasteiger partial charge in [-0.3, -0.25) is 4.79 Å². The van der Waals surface area contributed by atoms with Gasteiger partial charge in [-0.2, -0.15) is 13.2 Å². The molecule has 2 N–H and O–H groups in total. The van der Waals surface area contributed by atoms with E-state index in [1.54, 1.807) is 11.0 Å². The lowest BCUT2D eigenvalue weighted by atomic mass is 9.71. The number of hydrogen-bond donors (Lipinski definition) is 2. The van der Waals surface area contributed by atoms with Gasteiger partial charge in [-0.15, -0.1) is 0 Å². The Bertz CT molecular complexity index is 1810. The number of nitrogens with zero attached hydrogens (tertiary/aromatic N) is 4. The molecule has 0 saturated heterocycles. The first kappa shape index (κ1) is 36.9. The second-order valence-electron chi connectivity index (χ2n) is 16.8. The van der Waals surface area contributed by atoms with Crippen LogP contribution in [0.25, 0.3) is 0 Å². The number of rotatable bonds is 8. The first-order valence-corrected chi connectivity index (χ1v) is 19.3. The molecule has 1 amide bonds. The van der Waals surface area contributed by atoms with E-state index in [9.17, 15) is 36.6 Å². The molecular weight excluding hydrogens is 713 g/mol. The number of hydrogen-bond acceptors (Lipinski definition) is 8. The third-order valence-corrected chi connectivity index (χ3v) is 12.9. The molecule has 4 unspecified atom stereocenters. The average Bonchev–Trinajstić information content (AvgIpc) is 3.56. The van der Waals surface area contributed by atoms with Crippen LogP contribution in [-0.2, 0) is 21.2 Å². The molecule has 5 aliphatic carbocycles. The van der Waals surface area contributed by atoms with Crippen molar-refractivity contribution in [2.24, 2.45) is 22.9 Å². The van der Waals surface area contributed by atoms with Crippen LogP contribution in [0.2, 0.25) is 0 Å². The van der Waals surface area contributed by atoms with Crippen LogP contribution in [-0.4, -0.2) is 62.9 Å². The second-order valence-corrected chi connectivity index (χ2v) is 16.8. The van der Waals surface area contributed by atoms with Gasteiger partial charge in [0.1, 0.15) is 17.4 Å². The summed E-state index contributed by atoms with van der Waals surface area (Å²) in [5.41, 5.74) is -2.16. The van der Waals surface area contributed by atoms with Gasteiger partial charge in [0.25, 0.3) is 11.8 Å². The number of fused-ring (bicyclic) bond motifs is 4. The van der Waals surface area contributed by atoms with E-state index in [4.69, 9.17) is 9.57 Å². The minimum atomic E-state index is -5.01. The molecule has 1 aromatic heterocycles. The van der Waals surface area contributed by atoms with Gasteiger partial charge in [-0.25, -0.2) is 23.5 Å². The van der Waals surface area contributed by atoms with Gasteiger partial charge in [0.2, 0.25) is 5.95 Å². The summed E-state index contributed by atoms with van der Waals surface area (Å²) in [5, 5.41) is 16.8. The van der Waals surface area contributed by atoms with E-state index in [2.05, 4.69) is 20.4 Å². The number of carbonyl (C=O) groups excluding carboxylic acids is 1. The van der Waals surface area contributed by atoms with Crippen molar-refractivity contribution in [2.75, 3.05) is 11.4 Å². The molecule has 0 radical (unpaired) electrons. The molecule has 2 bridgehead atoms. The van der Waals surface area contributed by atoms with Crippen molar-refractivity contribution in [3.63, 3.8) is 0 Å². The van der Waals surface area contributed by atoms with Crippen molar-refractivity contribution in [2.45, 2.75) is 138 Å². The van der Waals surface area contributed by atoms with Crippen molar-refractivity contribution < 1.29 is 46.2 Å². The summed E-state index contributed by atoms with van der Waals surface area (Å²) in [6.45, 7) is 2.40. The number of anilines is 2. The quantitative estimate of drug-likeness (QED) is 0.203. The molecule has 292 valence electrons. The van der Waals surface area contributed by atoms with Crippen molar-refractivity contribution in [1.82, 2.24) is 15.3 Å². The maximum Gasteiger partial charge on any atom is 0.434 e. The van der Waals surface area contributed by atoms with Gasteiger partial charge in [0.05, 0.1) is 30.2 Å². The topological polar surface area (TPSA) is 126 Å².